The van der Waals surface area contributed by atoms with E-state index in [0.717, 1.165) is 19.5 Å². The summed E-state index contributed by atoms with van der Waals surface area (Å²) in [7, 11) is 0. The maximum absolute atomic E-state index is 9.35. The molecule has 1 aromatic carbocycles. The van der Waals surface area contributed by atoms with E-state index >= 15 is 0 Å². The Balaban J connectivity index is 2.35. The summed E-state index contributed by atoms with van der Waals surface area (Å²) in [6.45, 7) is 3.52. The highest BCUT2D eigenvalue weighted by Gasteiger charge is 2.18. The monoisotopic (exact) mass is 176 g/mol. The van der Waals surface area contributed by atoms with Crippen molar-refractivity contribution >= 4 is 5.90 Å². The Labute approximate surface area is 78.1 Å². The molecule has 0 amide bonds. The summed E-state index contributed by atoms with van der Waals surface area (Å²) in [6, 6.07) is 8.42. The third kappa shape index (κ3) is 1.57. The van der Waals surface area contributed by atoms with E-state index < -0.39 is 0 Å². The van der Waals surface area contributed by atoms with Crippen LogP contribution in [0.2, 0.25) is 0 Å². The molecule has 1 N–H and O–H groups in total. The van der Waals surface area contributed by atoms with E-state index in [1.807, 2.05) is 4.58 Å². The molecule has 1 aliphatic rings. The van der Waals surface area contributed by atoms with Gasteiger partial charge in [0.25, 0.3) is 0 Å². The van der Waals surface area contributed by atoms with Crippen LogP contribution in [0.4, 0.5) is 0 Å². The van der Waals surface area contributed by atoms with Gasteiger partial charge in [-0.2, -0.15) is 4.58 Å². The maximum atomic E-state index is 9.35. The molecule has 0 aromatic heterocycles. The molecule has 2 heteroatoms. The van der Waals surface area contributed by atoms with Crippen molar-refractivity contribution in [3.63, 3.8) is 0 Å². The van der Waals surface area contributed by atoms with Crippen LogP contribution < -0.4 is 0 Å². The summed E-state index contributed by atoms with van der Waals surface area (Å²) in [5.74, 6) is 0.425. The van der Waals surface area contributed by atoms with E-state index in [-0.39, 0.29) is 0 Å². The van der Waals surface area contributed by atoms with Crippen molar-refractivity contribution in [2.24, 2.45) is 0 Å². The highest BCUT2D eigenvalue weighted by atomic mass is 16.3. The van der Waals surface area contributed by atoms with Crippen molar-refractivity contribution in [1.29, 1.82) is 0 Å². The highest BCUT2D eigenvalue weighted by molar-refractivity contribution is 5.64. The number of aliphatic hydroxyl groups is 1. The van der Waals surface area contributed by atoms with Gasteiger partial charge >= 0.3 is 5.90 Å². The maximum Gasteiger partial charge on any atom is 0.330 e. The lowest BCUT2D eigenvalue weighted by atomic mass is 10.0. The highest BCUT2D eigenvalue weighted by Crippen LogP contribution is 2.15. The zero-order chi connectivity index (χ0) is 9.26. The second-order valence-electron chi connectivity index (χ2n) is 3.49. The van der Waals surface area contributed by atoms with Gasteiger partial charge in [0, 0.05) is 12.0 Å². The topological polar surface area (TPSA) is 23.2 Å². The van der Waals surface area contributed by atoms with Gasteiger partial charge in [-0.05, 0) is 5.56 Å². The molecule has 0 aliphatic carbocycles. The van der Waals surface area contributed by atoms with E-state index in [1.165, 1.54) is 11.1 Å². The number of aliphatic hydroxyl groups excluding tert-OH is 1. The van der Waals surface area contributed by atoms with Gasteiger partial charge < -0.3 is 5.11 Å². The van der Waals surface area contributed by atoms with Gasteiger partial charge in [0.2, 0.25) is 0 Å². The van der Waals surface area contributed by atoms with Gasteiger partial charge in [0.15, 0.2) is 13.1 Å². The normalized spacial score (nSPS) is 19.5. The summed E-state index contributed by atoms with van der Waals surface area (Å²) >= 11 is 0. The van der Waals surface area contributed by atoms with Gasteiger partial charge in [-0.3, -0.25) is 0 Å². The van der Waals surface area contributed by atoms with Crippen LogP contribution in [0.3, 0.4) is 0 Å². The van der Waals surface area contributed by atoms with Crippen molar-refractivity contribution < 1.29 is 9.68 Å². The molecule has 1 aliphatic heterocycles. The Morgan fingerprint density at radius 2 is 2.00 bits per heavy atom. The molecule has 0 bridgehead atoms. The van der Waals surface area contributed by atoms with Crippen molar-refractivity contribution in [3.8, 4) is 0 Å². The first kappa shape index (κ1) is 8.30. The Hall–Kier alpha value is -1.31. The average Bonchev–Trinajstić information content (AvgIpc) is 2.17. The second-order valence-corrected chi connectivity index (χ2v) is 3.49. The predicted molar refractivity (Wildman–Crippen MR) is 52.3 cm³/mol. The fourth-order valence-corrected chi connectivity index (χ4v) is 1.77. The molecule has 0 saturated heterocycles. The number of hydrogen-bond acceptors (Lipinski definition) is 0. The van der Waals surface area contributed by atoms with Gasteiger partial charge in [0.1, 0.15) is 0 Å². The molecule has 0 spiro atoms. The zero-order valence-electron chi connectivity index (χ0n) is 7.83. The third-order valence-electron chi connectivity index (χ3n) is 2.59. The van der Waals surface area contributed by atoms with Crippen molar-refractivity contribution in [2.75, 3.05) is 6.54 Å². The van der Waals surface area contributed by atoms with Crippen molar-refractivity contribution in [1.82, 2.24) is 0 Å². The van der Waals surface area contributed by atoms with Gasteiger partial charge in [-0.1, -0.05) is 24.3 Å². The van der Waals surface area contributed by atoms with Crippen LogP contribution in [-0.2, 0) is 13.0 Å². The first-order chi connectivity index (χ1) is 6.27. The molecule has 2 nitrogen and oxygen atoms in total. The SMILES string of the molecule is CC(O)=[N+]1CCc2ccccc2C1. The number of nitrogens with zero attached hydrogens (tertiary/aromatic N) is 1. The molecule has 0 unspecified atom stereocenters. The van der Waals surface area contributed by atoms with E-state index in [9.17, 15) is 5.11 Å². The first-order valence-corrected chi connectivity index (χ1v) is 4.61. The van der Waals surface area contributed by atoms with Crippen LogP contribution in [0, 0.1) is 0 Å². The fourth-order valence-electron chi connectivity index (χ4n) is 1.77. The minimum absolute atomic E-state index is 0.425. The Bertz CT molecular complexity index is 351. The lowest BCUT2D eigenvalue weighted by molar-refractivity contribution is -0.555. The van der Waals surface area contributed by atoms with E-state index in [2.05, 4.69) is 24.3 Å². The van der Waals surface area contributed by atoms with Gasteiger partial charge in [-0.15, -0.1) is 0 Å². The van der Waals surface area contributed by atoms with Crippen LogP contribution in [-0.4, -0.2) is 22.1 Å². The molecule has 1 heterocycles. The second kappa shape index (κ2) is 3.21. The minimum atomic E-state index is 0.425. The molecular formula is C11H14NO+. The number of fused-ring (bicyclic) bond motifs is 1. The molecule has 0 atom stereocenters. The Morgan fingerprint density at radius 3 is 2.69 bits per heavy atom. The average molecular weight is 176 g/mol. The standard InChI is InChI=1S/C11H13NO/c1-9(13)12-7-6-10-4-2-3-5-11(10)8-12/h2-5H,6-8H2,1H3/p+1. The van der Waals surface area contributed by atoms with E-state index in [0.29, 0.717) is 5.90 Å². The molecule has 0 fully saturated rings. The fraction of sp³-hybridized carbons (Fsp3) is 0.364. The van der Waals surface area contributed by atoms with Crippen LogP contribution in [0.5, 0.6) is 0 Å². The summed E-state index contributed by atoms with van der Waals surface area (Å²) in [4.78, 5) is 0. The zero-order valence-corrected chi connectivity index (χ0v) is 7.83. The molecule has 2 rings (SSSR count). The van der Waals surface area contributed by atoms with Crippen molar-refractivity contribution in [3.05, 3.63) is 35.4 Å². The summed E-state index contributed by atoms with van der Waals surface area (Å²) in [5.41, 5.74) is 2.75. The molecular weight excluding hydrogens is 162 g/mol. The lowest BCUT2D eigenvalue weighted by Gasteiger charge is -2.14. The largest absolute Gasteiger partial charge is 0.464 e. The third-order valence-corrected chi connectivity index (χ3v) is 2.59. The van der Waals surface area contributed by atoms with Crippen LogP contribution >= 0.6 is 0 Å². The number of rotatable bonds is 0. The molecule has 0 radical (unpaired) electrons. The van der Waals surface area contributed by atoms with Crippen LogP contribution in [0.15, 0.2) is 24.3 Å². The van der Waals surface area contributed by atoms with E-state index in [4.69, 9.17) is 0 Å². The van der Waals surface area contributed by atoms with Gasteiger partial charge in [-0.25, -0.2) is 0 Å². The minimum Gasteiger partial charge on any atom is -0.464 e. The number of hydrogen-bond donors (Lipinski definition) is 1. The lowest BCUT2D eigenvalue weighted by Crippen LogP contribution is -2.26. The Kier molecular flexibility index (Phi) is 2.05. The predicted octanol–water partition coefficient (Wildman–Crippen LogP) is 1.73. The number of benzene rings is 1. The van der Waals surface area contributed by atoms with Crippen LogP contribution in [0.1, 0.15) is 18.1 Å². The van der Waals surface area contributed by atoms with Gasteiger partial charge in [0.05, 0.1) is 6.92 Å². The first-order valence-electron chi connectivity index (χ1n) is 4.61. The molecule has 13 heavy (non-hydrogen) atoms. The summed E-state index contributed by atoms with van der Waals surface area (Å²) in [6.07, 6.45) is 1.04. The molecule has 0 saturated carbocycles. The van der Waals surface area contributed by atoms with Crippen molar-refractivity contribution in [2.45, 2.75) is 19.9 Å². The van der Waals surface area contributed by atoms with Crippen LogP contribution in [0.25, 0.3) is 0 Å². The quantitative estimate of drug-likeness (QED) is 0.472. The smallest absolute Gasteiger partial charge is 0.330 e. The molecule has 68 valence electrons. The molecule has 1 aromatic rings. The Morgan fingerprint density at radius 1 is 1.31 bits per heavy atom. The summed E-state index contributed by atoms with van der Waals surface area (Å²) in [5, 5.41) is 9.35. The summed E-state index contributed by atoms with van der Waals surface area (Å²) < 4.78 is 2.00. The van der Waals surface area contributed by atoms with E-state index in [1.54, 1.807) is 6.92 Å².